The second-order valence-electron chi connectivity index (χ2n) is 6.45. The van der Waals surface area contributed by atoms with E-state index < -0.39 is 0 Å². The van der Waals surface area contributed by atoms with Gasteiger partial charge in [0, 0.05) is 56.6 Å². The SMILES string of the molecule is CN(CCC(=O)N1CCNCC1)C(c1ccc(Cl)cc1)c1cnccn1. The molecule has 1 N–H and O–H groups in total. The van der Waals surface area contributed by atoms with Crippen LogP contribution in [0.25, 0.3) is 0 Å². The maximum absolute atomic E-state index is 12.5. The molecule has 7 heteroatoms. The maximum Gasteiger partial charge on any atom is 0.223 e. The van der Waals surface area contributed by atoms with Crippen LogP contribution in [0.15, 0.2) is 42.9 Å². The van der Waals surface area contributed by atoms with E-state index in [1.165, 1.54) is 0 Å². The largest absolute Gasteiger partial charge is 0.340 e. The molecule has 1 fully saturated rings. The summed E-state index contributed by atoms with van der Waals surface area (Å²) in [7, 11) is 2.01. The summed E-state index contributed by atoms with van der Waals surface area (Å²) >= 11 is 6.03. The van der Waals surface area contributed by atoms with Gasteiger partial charge in [-0.05, 0) is 24.7 Å². The molecule has 1 aliphatic heterocycles. The number of hydrogen-bond donors (Lipinski definition) is 1. The number of halogens is 1. The number of carbonyl (C=O) groups is 1. The van der Waals surface area contributed by atoms with Crippen LogP contribution in [0.1, 0.15) is 23.7 Å². The number of rotatable bonds is 6. The third-order valence-corrected chi connectivity index (χ3v) is 4.89. The highest BCUT2D eigenvalue weighted by atomic mass is 35.5. The van der Waals surface area contributed by atoms with Gasteiger partial charge in [0.1, 0.15) is 0 Å². The lowest BCUT2D eigenvalue weighted by atomic mass is 10.0. The van der Waals surface area contributed by atoms with E-state index in [0.29, 0.717) is 18.0 Å². The van der Waals surface area contributed by atoms with Crippen molar-refractivity contribution >= 4 is 17.5 Å². The minimum absolute atomic E-state index is 0.0724. The highest BCUT2D eigenvalue weighted by molar-refractivity contribution is 6.30. The first kappa shape index (κ1) is 18.8. The summed E-state index contributed by atoms with van der Waals surface area (Å²) < 4.78 is 0. The Bertz CT molecular complexity index is 704. The summed E-state index contributed by atoms with van der Waals surface area (Å²) in [6.07, 6.45) is 5.61. The molecule has 0 spiro atoms. The maximum atomic E-state index is 12.5. The average molecular weight is 374 g/mol. The van der Waals surface area contributed by atoms with Gasteiger partial charge in [-0.3, -0.25) is 19.7 Å². The minimum atomic E-state index is -0.0724. The van der Waals surface area contributed by atoms with Crippen molar-refractivity contribution in [2.75, 3.05) is 39.8 Å². The van der Waals surface area contributed by atoms with Gasteiger partial charge < -0.3 is 10.2 Å². The molecule has 0 aliphatic carbocycles. The fourth-order valence-electron chi connectivity index (χ4n) is 3.22. The van der Waals surface area contributed by atoms with E-state index >= 15 is 0 Å². The van der Waals surface area contributed by atoms with Crippen molar-refractivity contribution in [2.45, 2.75) is 12.5 Å². The Kier molecular flexibility index (Phi) is 6.55. The van der Waals surface area contributed by atoms with Crippen molar-refractivity contribution in [3.05, 3.63) is 59.1 Å². The lowest BCUT2D eigenvalue weighted by Gasteiger charge is -2.30. The Labute approximate surface area is 159 Å². The fourth-order valence-corrected chi connectivity index (χ4v) is 3.35. The number of hydrogen-bond acceptors (Lipinski definition) is 5. The van der Waals surface area contributed by atoms with Crippen molar-refractivity contribution in [3.8, 4) is 0 Å². The molecular formula is C19H24ClN5O. The monoisotopic (exact) mass is 373 g/mol. The topological polar surface area (TPSA) is 61.4 Å². The molecule has 3 rings (SSSR count). The van der Waals surface area contributed by atoms with Crippen LogP contribution in [0.3, 0.4) is 0 Å². The minimum Gasteiger partial charge on any atom is -0.340 e. The second-order valence-corrected chi connectivity index (χ2v) is 6.88. The van der Waals surface area contributed by atoms with Gasteiger partial charge in [-0.25, -0.2) is 0 Å². The molecular weight excluding hydrogens is 350 g/mol. The van der Waals surface area contributed by atoms with Crippen LogP contribution in [0.5, 0.6) is 0 Å². The first-order chi connectivity index (χ1) is 12.6. The third-order valence-electron chi connectivity index (χ3n) is 4.64. The number of aromatic nitrogens is 2. The highest BCUT2D eigenvalue weighted by Gasteiger charge is 2.23. The first-order valence-electron chi connectivity index (χ1n) is 8.85. The molecule has 1 atom stereocenters. The molecule has 1 aliphatic rings. The predicted octanol–water partition coefficient (Wildman–Crippen LogP) is 1.97. The number of piperazine rings is 1. The summed E-state index contributed by atoms with van der Waals surface area (Å²) in [5, 5.41) is 3.97. The van der Waals surface area contributed by atoms with Crippen LogP contribution in [0.4, 0.5) is 0 Å². The third kappa shape index (κ3) is 4.78. The summed E-state index contributed by atoms with van der Waals surface area (Å²) in [5.41, 5.74) is 1.93. The number of amides is 1. The molecule has 0 radical (unpaired) electrons. The van der Waals surface area contributed by atoms with Crippen LogP contribution in [-0.4, -0.2) is 65.4 Å². The molecule has 1 saturated heterocycles. The Morgan fingerprint density at radius 1 is 1.27 bits per heavy atom. The molecule has 138 valence electrons. The van der Waals surface area contributed by atoms with E-state index in [9.17, 15) is 4.79 Å². The van der Waals surface area contributed by atoms with Crippen molar-refractivity contribution in [1.29, 1.82) is 0 Å². The number of nitrogens with zero attached hydrogens (tertiary/aromatic N) is 4. The molecule has 6 nitrogen and oxygen atoms in total. The van der Waals surface area contributed by atoms with Crippen LogP contribution in [-0.2, 0) is 4.79 Å². The van der Waals surface area contributed by atoms with Crippen LogP contribution in [0.2, 0.25) is 5.02 Å². The second kappa shape index (κ2) is 9.07. The van der Waals surface area contributed by atoms with Gasteiger partial charge in [0.15, 0.2) is 0 Å². The van der Waals surface area contributed by atoms with Crippen molar-refractivity contribution in [1.82, 2.24) is 25.1 Å². The Hall–Kier alpha value is -2.02. The predicted molar refractivity (Wildman–Crippen MR) is 102 cm³/mol. The molecule has 2 aromatic rings. The first-order valence-corrected chi connectivity index (χ1v) is 9.23. The zero-order valence-corrected chi connectivity index (χ0v) is 15.7. The molecule has 0 saturated carbocycles. The Morgan fingerprint density at radius 3 is 2.65 bits per heavy atom. The summed E-state index contributed by atoms with van der Waals surface area (Å²) in [4.78, 5) is 25.2. The molecule has 1 unspecified atom stereocenters. The fraction of sp³-hybridized carbons (Fsp3) is 0.421. The van der Waals surface area contributed by atoms with Crippen molar-refractivity contribution in [2.24, 2.45) is 0 Å². The quantitative estimate of drug-likeness (QED) is 0.838. The van der Waals surface area contributed by atoms with Crippen LogP contribution < -0.4 is 5.32 Å². The van der Waals surface area contributed by atoms with Gasteiger partial charge in [0.05, 0.1) is 17.9 Å². The van der Waals surface area contributed by atoms with Gasteiger partial charge in [-0.15, -0.1) is 0 Å². The average Bonchev–Trinajstić information content (AvgIpc) is 2.69. The lowest BCUT2D eigenvalue weighted by molar-refractivity contribution is -0.132. The van der Waals surface area contributed by atoms with E-state index in [1.54, 1.807) is 18.6 Å². The van der Waals surface area contributed by atoms with Crippen LogP contribution >= 0.6 is 11.6 Å². The smallest absolute Gasteiger partial charge is 0.223 e. The highest BCUT2D eigenvalue weighted by Crippen LogP contribution is 2.27. The molecule has 1 aromatic carbocycles. The molecule has 26 heavy (non-hydrogen) atoms. The molecule has 0 bridgehead atoms. The standard InChI is InChI=1S/C19H24ClN5O/c1-24(11-6-18(26)25-12-9-21-10-13-25)19(17-14-22-7-8-23-17)15-2-4-16(20)5-3-15/h2-5,7-8,14,19,21H,6,9-13H2,1H3. The van der Waals surface area contributed by atoms with Gasteiger partial charge in [-0.1, -0.05) is 23.7 Å². The zero-order valence-electron chi connectivity index (χ0n) is 14.9. The molecule has 1 aromatic heterocycles. The molecule has 2 heterocycles. The Morgan fingerprint density at radius 2 is 2.00 bits per heavy atom. The van der Waals surface area contributed by atoms with E-state index in [4.69, 9.17) is 11.6 Å². The number of carbonyl (C=O) groups excluding carboxylic acids is 1. The molecule has 1 amide bonds. The Balaban J connectivity index is 1.71. The number of nitrogens with one attached hydrogen (secondary N) is 1. The summed E-state index contributed by atoms with van der Waals surface area (Å²) in [6, 6.07) is 7.67. The normalized spacial score (nSPS) is 15.9. The zero-order chi connectivity index (χ0) is 18.4. The van der Waals surface area contributed by atoms with Gasteiger partial charge in [0.25, 0.3) is 0 Å². The van der Waals surface area contributed by atoms with E-state index in [2.05, 4.69) is 20.2 Å². The van der Waals surface area contributed by atoms with E-state index in [0.717, 1.165) is 37.4 Å². The van der Waals surface area contributed by atoms with Crippen LogP contribution in [0, 0.1) is 0 Å². The van der Waals surface area contributed by atoms with E-state index in [1.807, 2.05) is 36.2 Å². The van der Waals surface area contributed by atoms with Gasteiger partial charge in [0.2, 0.25) is 5.91 Å². The van der Waals surface area contributed by atoms with Crippen molar-refractivity contribution < 1.29 is 4.79 Å². The lowest BCUT2D eigenvalue weighted by Crippen LogP contribution is -2.47. The van der Waals surface area contributed by atoms with Crippen molar-refractivity contribution in [3.63, 3.8) is 0 Å². The van der Waals surface area contributed by atoms with Gasteiger partial charge in [-0.2, -0.15) is 0 Å². The van der Waals surface area contributed by atoms with E-state index in [-0.39, 0.29) is 11.9 Å². The summed E-state index contributed by atoms with van der Waals surface area (Å²) in [6.45, 7) is 3.95. The number of benzene rings is 1. The summed E-state index contributed by atoms with van der Waals surface area (Å²) in [5.74, 6) is 0.201. The van der Waals surface area contributed by atoms with Gasteiger partial charge >= 0.3 is 0 Å².